The molecule has 3 rings (SSSR count). The van der Waals surface area contributed by atoms with Crippen LogP contribution in [0.2, 0.25) is 0 Å². The molecule has 7 heteroatoms. The van der Waals surface area contributed by atoms with Crippen LogP contribution in [0.5, 0.6) is 0 Å². The molecule has 0 spiro atoms. The number of hydrogen-bond acceptors (Lipinski definition) is 4. The Hall–Kier alpha value is -2.28. The summed E-state index contributed by atoms with van der Waals surface area (Å²) in [5, 5.41) is 2.93. The molecule has 0 saturated carbocycles. The molecule has 0 aliphatic carbocycles. The van der Waals surface area contributed by atoms with E-state index in [2.05, 4.69) is 15.3 Å². The highest BCUT2D eigenvalue weighted by atomic mass is 32.2. The third-order valence-electron chi connectivity index (χ3n) is 4.11. The summed E-state index contributed by atoms with van der Waals surface area (Å²) in [6.07, 6.45) is 3.91. The molecule has 6 nitrogen and oxygen atoms in total. The highest BCUT2D eigenvalue weighted by Gasteiger charge is 2.35. The summed E-state index contributed by atoms with van der Waals surface area (Å²) in [7, 11) is 0. The molecule has 1 unspecified atom stereocenters. The van der Waals surface area contributed by atoms with Gasteiger partial charge in [0, 0.05) is 35.8 Å². The first-order chi connectivity index (χ1) is 12.3. The maximum Gasteiger partial charge on any atom is 0.248 e. The van der Waals surface area contributed by atoms with Crippen molar-refractivity contribution >= 4 is 29.3 Å². The van der Waals surface area contributed by atoms with Gasteiger partial charge in [-0.15, -0.1) is 11.8 Å². The van der Waals surface area contributed by atoms with E-state index in [1.54, 1.807) is 29.1 Å². The lowest BCUT2D eigenvalue weighted by molar-refractivity contribution is -0.137. The number of nitrogens with zero attached hydrogens (tertiary/aromatic N) is 2. The van der Waals surface area contributed by atoms with Crippen molar-refractivity contribution in [3.05, 3.63) is 36.7 Å². The summed E-state index contributed by atoms with van der Waals surface area (Å²) >= 11 is 1.62. The molecule has 2 amide bonds. The van der Waals surface area contributed by atoms with Crippen LogP contribution in [0.25, 0.3) is 11.4 Å². The van der Waals surface area contributed by atoms with Crippen molar-refractivity contribution in [3.63, 3.8) is 0 Å². The number of anilines is 1. The van der Waals surface area contributed by atoms with Crippen molar-refractivity contribution in [2.45, 2.75) is 33.2 Å². The minimum absolute atomic E-state index is 0.0378. The Kier molecular flexibility index (Phi) is 5.36. The molecule has 0 bridgehead atoms. The predicted molar refractivity (Wildman–Crippen MR) is 105 cm³/mol. The van der Waals surface area contributed by atoms with E-state index in [-0.39, 0.29) is 17.2 Å². The second-order valence-corrected chi connectivity index (χ2v) is 8.62. The summed E-state index contributed by atoms with van der Waals surface area (Å²) in [6.45, 7) is 6.09. The molecule has 1 saturated heterocycles. The van der Waals surface area contributed by atoms with Gasteiger partial charge in [0.25, 0.3) is 0 Å². The van der Waals surface area contributed by atoms with Crippen molar-refractivity contribution in [2.24, 2.45) is 5.41 Å². The third-order valence-corrected chi connectivity index (χ3v) is 5.12. The molecule has 2 heterocycles. The van der Waals surface area contributed by atoms with E-state index in [9.17, 15) is 9.59 Å². The Labute approximate surface area is 157 Å². The number of imidazole rings is 1. The van der Waals surface area contributed by atoms with E-state index in [0.717, 1.165) is 11.4 Å². The third kappa shape index (κ3) is 4.46. The Morgan fingerprint density at radius 1 is 1.31 bits per heavy atom. The fourth-order valence-electron chi connectivity index (χ4n) is 2.82. The summed E-state index contributed by atoms with van der Waals surface area (Å²) < 4.78 is 0. The Balaban J connectivity index is 1.64. The van der Waals surface area contributed by atoms with Crippen molar-refractivity contribution < 1.29 is 9.59 Å². The topological polar surface area (TPSA) is 78.1 Å². The second-order valence-electron chi connectivity index (χ2n) is 7.62. The van der Waals surface area contributed by atoms with Gasteiger partial charge in [-0.25, -0.2) is 4.98 Å². The molecule has 1 fully saturated rings. The van der Waals surface area contributed by atoms with Crippen LogP contribution in [0.1, 0.15) is 27.2 Å². The quantitative estimate of drug-likeness (QED) is 0.863. The monoisotopic (exact) mass is 372 g/mol. The highest BCUT2D eigenvalue weighted by molar-refractivity contribution is 7.99. The van der Waals surface area contributed by atoms with Gasteiger partial charge < -0.3 is 15.2 Å². The fourth-order valence-corrected chi connectivity index (χ4v) is 4.00. The van der Waals surface area contributed by atoms with Crippen LogP contribution in [-0.2, 0) is 9.59 Å². The van der Waals surface area contributed by atoms with Gasteiger partial charge in [0.15, 0.2) is 0 Å². The fraction of sp³-hybridized carbons (Fsp3) is 0.421. The minimum atomic E-state index is -0.417. The van der Waals surface area contributed by atoms with Gasteiger partial charge in [-0.3, -0.25) is 9.59 Å². The van der Waals surface area contributed by atoms with Crippen LogP contribution in [-0.4, -0.2) is 44.4 Å². The first kappa shape index (κ1) is 18.5. The zero-order chi connectivity index (χ0) is 18.7. The van der Waals surface area contributed by atoms with Gasteiger partial charge in [0.2, 0.25) is 11.8 Å². The Morgan fingerprint density at radius 2 is 2.04 bits per heavy atom. The van der Waals surface area contributed by atoms with Gasteiger partial charge >= 0.3 is 0 Å². The van der Waals surface area contributed by atoms with E-state index < -0.39 is 6.04 Å². The van der Waals surface area contributed by atoms with Gasteiger partial charge in [0.05, 0.1) is 5.88 Å². The molecule has 2 N–H and O–H groups in total. The average molecular weight is 372 g/mol. The molecule has 26 heavy (non-hydrogen) atoms. The number of thioether (sulfide) groups is 1. The molecule has 0 radical (unpaired) electrons. The van der Waals surface area contributed by atoms with E-state index in [1.807, 2.05) is 45.0 Å². The number of H-pyrrole nitrogens is 1. The number of amides is 2. The maximum absolute atomic E-state index is 12.7. The van der Waals surface area contributed by atoms with Gasteiger partial charge in [0.1, 0.15) is 11.9 Å². The minimum Gasteiger partial charge on any atom is -0.345 e. The van der Waals surface area contributed by atoms with Crippen molar-refractivity contribution in [3.8, 4) is 11.4 Å². The van der Waals surface area contributed by atoms with Gasteiger partial charge in [-0.1, -0.05) is 20.8 Å². The van der Waals surface area contributed by atoms with Crippen LogP contribution in [0.15, 0.2) is 36.7 Å². The number of benzene rings is 1. The highest BCUT2D eigenvalue weighted by Crippen LogP contribution is 2.27. The molecule has 1 aromatic heterocycles. The van der Waals surface area contributed by atoms with Crippen molar-refractivity contribution in [2.75, 3.05) is 16.9 Å². The molecule has 1 atom stereocenters. The smallest absolute Gasteiger partial charge is 0.248 e. The van der Waals surface area contributed by atoms with E-state index in [1.165, 1.54) is 0 Å². The second kappa shape index (κ2) is 7.53. The van der Waals surface area contributed by atoms with E-state index in [0.29, 0.717) is 23.7 Å². The number of aromatic amines is 1. The lowest BCUT2D eigenvalue weighted by atomic mass is 9.91. The van der Waals surface area contributed by atoms with E-state index >= 15 is 0 Å². The van der Waals surface area contributed by atoms with Crippen LogP contribution in [0.4, 0.5) is 5.69 Å². The van der Waals surface area contributed by atoms with Gasteiger partial charge in [-0.05, 0) is 29.7 Å². The number of carbonyl (C=O) groups excluding carboxylic acids is 2. The molecule has 1 aliphatic rings. The number of rotatable bonds is 4. The number of hydrogen-bond donors (Lipinski definition) is 2. The molecule has 1 aliphatic heterocycles. The molecule has 1 aromatic carbocycles. The predicted octanol–water partition coefficient (Wildman–Crippen LogP) is 3.35. The molecular formula is C19H24N4O2S. The molecule has 2 aromatic rings. The number of carbonyl (C=O) groups is 2. The van der Waals surface area contributed by atoms with Crippen LogP contribution in [0.3, 0.4) is 0 Å². The number of nitrogens with one attached hydrogen (secondary N) is 2. The number of aromatic nitrogens is 2. The summed E-state index contributed by atoms with van der Waals surface area (Å²) in [5.74, 6) is 1.89. The van der Waals surface area contributed by atoms with Crippen molar-refractivity contribution in [1.82, 2.24) is 14.9 Å². The van der Waals surface area contributed by atoms with Crippen molar-refractivity contribution in [1.29, 1.82) is 0 Å². The first-order valence-electron chi connectivity index (χ1n) is 8.61. The van der Waals surface area contributed by atoms with Crippen LogP contribution < -0.4 is 5.32 Å². The van der Waals surface area contributed by atoms with Crippen LogP contribution in [0, 0.1) is 5.41 Å². The summed E-state index contributed by atoms with van der Waals surface area (Å²) in [5.41, 5.74) is 1.57. The summed E-state index contributed by atoms with van der Waals surface area (Å²) in [4.78, 5) is 34.2. The normalized spacial score (nSPS) is 17.3. The largest absolute Gasteiger partial charge is 0.345 e. The van der Waals surface area contributed by atoms with E-state index in [4.69, 9.17) is 0 Å². The zero-order valence-electron chi connectivity index (χ0n) is 15.3. The van der Waals surface area contributed by atoms with Crippen LogP contribution >= 0.6 is 11.8 Å². The lowest BCUT2D eigenvalue weighted by Gasteiger charge is -2.26. The lowest BCUT2D eigenvalue weighted by Crippen LogP contribution is -2.45. The maximum atomic E-state index is 12.7. The average Bonchev–Trinajstić information content (AvgIpc) is 3.26. The SMILES string of the molecule is CC(C)(C)CC(=O)N1CSCC1C(=O)Nc1ccc(-c2ncc[nH]2)cc1. The van der Waals surface area contributed by atoms with Gasteiger partial charge in [-0.2, -0.15) is 0 Å². The first-order valence-corrected chi connectivity index (χ1v) is 9.77. The zero-order valence-corrected chi connectivity index (χ0v) is 16.1. The molecular weight excluding hydrogens is 348 g/mol. The Morgan fingerprint density at radius 3 is 2.65 bits per heavy atom. The standard InChI is InChI=1S/C19H24N4O2S/c1-19(2,3)10-16(24)23-12-26-11-15(23)18(25)22-14-6-4-13(5-7-14)17-20-8-9-21-17/h4-9,15H,10-12H2,1-3H3,(H,20,21)(H,22,25). The molecule has 138 valence electrons. The summed E-state index contributed by atoms with van der Waals surface area (Å²) in [6, 6.07) is 7.08. The Bertz CT molecular complexity index is 766.